The van der Waals surface area contributed by atoms with E-state index in [0.717, 1.165) is 48.1 Å². The number of benzene rings is 2. The van der Waals surface area contributed by atoms with Crippen molar-refractivity contribution in [2.24, 2.45) is 0 Å². The summed E-state index contributed by atoms with van der Waals surface area (Å²) in [6.45, 7) is 0. The fraction of sp³-hybridized carbons (Fsp3) is 0.464. The number of esters is 1. The van der Waals surface area contributed by atoms with Gasteiger partial charge in [0, 0.05) is 18.4 Å². The first kappa shape index (κ1) is 22.3. The van der Waals surface area contributed by atoms with Gasteiger partial charge in [-0.2, -0.15) is 0 Å². The van der Waals surface area contributed by atoms with Crippen molar-refractivity contribution in [1.82, 2.24) is 0 Å². The lowest BCUT2D eigenvalue weighted by molar-refractivity contribution is -0.278. The highest BCUT2D eigenvalue weighted by atomic mass is 16.7. The summed E-state index contributed by atoms with van der Waals surface area (Å²) in [5, 5.41) is 0. The average Bonchev–Trinajstić information content (AvgIpc) is 2.88. The Morgan fingerprint density at radius 2 is 1.57 bits per heavy atom. The Morgan fingerprint density at radius 1 is 0.857 bits per heavy atom. The molecule has 0 amide bonds. The topological polar surface area (TPSA) is 72.5 Å². The molecule has 0 N–H and O–H groups in total. The molecule has 1 spiro atoms. The smallest absolute Gasteiger partial charge is 0.341 e. The van der Waals surface area contributed by atoms with Gasteiger partial charge in [-0.05, 0) is 73.2 Å². The monoisotopic (exact) mass is 478 g/mol. The molecule has 7 nitrogen and oxygen atoms in total. The predicted molar refractivity (Wildman–Crippen MR) is 126 cm³/mol. The van der Waals surface area contributed by atoms with E-state index < -0.39 is 17.5 Å². The first-order chi connectivity index (χ1) is 17.0. The lowest BCUT2D eigenvalue weighted by Crippen LogP contribution is -2.51. The zero-order valence-electron chi connectivity index (χ0n) is 20.3. The third-order valence-electron chi connectivity index (χ3n) is 7.82. The molecule has 3 heterocycles. The maximum atomic E-state index is 13.5. The second-order valence-electron chi connectivity index (χ2n) is 9.81. The van der Waals surface area contributed by atoms with Gasteiger partial charge in [0.15, 0.2) is 11.5 Å². The van der Waals surface area contributed by atoms with E-state index in [0.29, 0.717) is 35.7 Å². The van der Waals surface area contributed by atoms with Crippen LogP contribution in [0.2, 0.25) is 0 Å². The summed E-state index contributed by atoms with van der Waals surface area (Å²) in [4.78, 5) is 13.5. The minimum atomic E-state index is -1.07. The number of carbonyl (C=O) groups excluding carboxylic acids is 1. The van der Waals surface area contributed by atoms with E-state index in [1.54, 1.807) is 21.3 Å². The maximum Gasteiger partial charge on any atom is 0.341 e. The molecule has 2 aromatic carbocycles. The Kier molecular flexibility index (Phi) is 5.22. The van der Waals surface area contributed by atoms with Crippen molar-refractivity contribution in [3.8, 4) is 17.2 Å². The van der Waals surface area contributed by atoms with Crippen LogP contribution in [0.25, 0.3) is 0 Å². The molecule has 1 saturated carbocycles. The Hall–Kier alpha value is -3.19. The standard InChI is InChI=1S/C28H30O7/c1-30-19-9-7-18(8-10-19)28-15-17-13-21(31-2)22(32-3)14-20(17)25(34-28)24-23(33-28)16-27(35-26(24)29)11-5-4-6-12-27/h7-10,13-14,25H,4-6,11-12,15-16H2,1-3H3/t25?,28-/m0/s1. The van der Waals surface area contributed by atoms with Crippen molar-refractivity contribution in [2.45, 2.75) is 62.4 Å². The van der Waals surface area contributed by atoms with E-state index >= 15 is 0 Å². The van der Waals surface area contributed by atoms with Gasteiger partial charge in [0.1, 0.15) is 28.8 Å². The molecule has 1 unspecified atom stereocenters. The summed E-state index contributed by atoms with van der Waals surface area (Å²) in [7, 11) is 4.86. The van der Waals surface area contributed by atoms with Crippen molar-refractivity contribution in [3.63, 3.8) is 0 Å². The Morgan fingerprint density at radius 3 is 2.26 bits per heavy atom. The van der Waals surface area contributed by atoms with E-state index in [1.165, 1.54) is 6.42 Å². The molecular formula is C28H30O7. The summed E-state index contributed by atoms with van der Waals surface area (Å²) < 4.78 is 36.0. The van der Waals surface area contributed by atoms with Crippen molar-refractivity contribution < 1.29 is 33.2 Å². The summed E-state index contributed by atoms with van der Waals surface area (Å²) in [5.41, 5.74) is 2.69. The van der Waals surface area contributed by atoms with E-state index in [9.17, 15) is 4.79 Å². The maximum absolute atomic E-state index is 13.5. The van der Waals surface area contributed by atoms with Gasteiger partial charge in [0.05, 0.1) is 21.3 Å². The molecule has 35 heavy (non-hydrogen) atoms. The molecule has 0 radical (unpaired) electrons. The largest absolute Gasteiger partial charge is 0.497 e. The van der Waals surface area contributed by atoms with Gasteiger partial charge >= 0.3 is 5.97 Å². The molecule has 2 aromatic rings. The van der Waals surface area contributed by atoms with Crippen LogP contribution in [0.3, 0.4) is 0 Å². The van der Waals surface area contributed by atoms with E-state index in [-0.39, 0.29) is 5.97 Å². The third kappa shape index (κ3) is 3.47. The van der Waals surface area contributed by atoms with Gasteiger partial charge in [-0.15, -0.1) is 0 Å². The summed E-state index contributed by atoms with van der Waals surface area (Å²) in [6.07, 6.45) is 5.42. The normalized spacial score (nSPS) is 26.3. The first-order valence-corrected chi connectivity index (χ1v) is 12.2. The minimum absolute atomic E-state index is 0.343. The Labute approximate surface area is 204 Å². The van der Waals surface area contributed by atoms with Crippen LogP contribution in [0.5, 0.6) is 17.2 Å². The molecule has 4 aliphatic rings. The molecular weight excluding hydrogens is 448 g/mol. The Bertz CT molecular complexity index is 1190. The lowest BCUT2D eigenvalue weighted by Gasteiger charge is -2.51. The average molecular weight is 479 g/mol. The lowest BCUT2D eigenvalue weighted by atomic mass is 9.77. The van der Waals surface area contributed by atoms with E-state index in [2.05, 4.69) is 0 Å². The number of hydrogen-bond acceptors (Lipinski definition) is 7. The number of hydrogen-bond donors (Lipinski definition) is 0. The van der Waals surface area contributed by atoms with E-state index in [1.807, 2.05) is 36.4 Å². The van der Waals surface area contributed by atoms with Crippen LogP contribution < -0.4 is 14.2 Å². The number of fused-ring (bicyclic) bond motifs is 5. The van der Waals surface area contributed by atoms with Crippen LogP contribution in [-0.4, -0.2) is 32.9 Å². The molecule has 7 heteroatoms. The first-order valence-electron chi connectivity index (χ1n) is 12.2. The van der Waals surface area contributed by atoms with Gasteiger partial charge < -0.3 is 28.4 Å². The molecule has 1 aliphatic carbocycles. The van der Waals surface area contributed by atoms with Crippen molar-refractivity contribution in [2.75, 3.05) is 21.3 Å². The summed E-state index contributed by atoms with van der Waals surface area (Å²) in [6, 6.07) is 11.6. The molecule has 0 aromatic heterocycles. The van der Waals surface area contributed by atoms with Gasteiger partial charge in [-0.25, -0.2) is 4.79 Å². The number of carbonyl (C=O) groups is 1. The number of methoxy groups -OCH3 is 3. The molecule has 6 rings (SSSR count). The minimum Gasteiger partial charge on any atom is -0.497 e. The molecule has 0 saturated heterocycles. The van der Waals surface area contributed by atoms with Crippen LogP contribution in [0, 0.1) is 0 Å². The second kappa shape index (κ2) is 8.19. The fourth-order valence-electron chi connectivity index (χ4n) is 6.04. The highest BCUT2D eigenvalue weighted by molar-refractivity contribution is 5.92. The van der Waals surface area contributed by atoms with Crippen molar-refractivity contribution in [3.05, 3.63) is 64.4 Å². The van der Waals surface area contributed by atoms with Crippen LogP contribution in [0.15, 0.2) is 47.7 Å². The zero-order valence-corrected chi connectivity index (χ0v) is 20.3. The van der Waals surface area contributed by atoms with E-state index in [4.69, 9.17) is 28.4 Å². The van der Waals surface area contributed by atoms with Crippen LogP contribution in [0.1, 0.15) is 61.3 Å². The summed E-state index contributed by atoms with van der Waals surface area (Å²) in [5.74, 6) is 1.24. The van der Waals surface area contributed by atoms with Crippen LogP contribution >= 0.6 is 0 Å². The molecule has 3 aliphatic heterocycles. The van der Waals surface area contributed by atoms with Gasteiger partial charge in [0.2, 0.25) is 5.79 Å². The van der Waals surface area contributed by atoms with Gasteiger partial charge in [-0.1, -0.05) is 6.42 Å². The zero-order chi connectivity index (χ0) is 24.2. The molecule has 2 bridgehead atoms. The summed E-state index contributed by atoms with van der Waals surface area (Å²) >= 11 is 0. The Balaban J connectivity index is 1.52. The highest BCUT2D eigenvalue weighted by Gasteiger charge is 2.56. The second-order valence-corrected chi connectivity index (χ2v) is 9.81. The van der Waals surface area contributed by atoms with Crippen molar-refractivity contribution >= 4 is 5.97 Å². The van der Waals surface area contributed by atoms with Crippen molar-refractivity contribution in [1.29, 1.82) is 0 Å². The number of rotatable bonds is 4. The predicted octanol–water partition coefficient (Wildman–Crippen LogP) is 5.11. The van der Waals surface area contributed by atoms with Crippen LogP contribution in [-0.2, 0) is 31.2 Å². The fourth-order valence-corrected chi connectivity index (χ4v) is 6.04. The number of ether oxygens (including phenoxy) is 6. The molecule has 1 fully saturated rings. The molecule has 184 valence electrons. The quantitative estimate of drug-likeness (QED) is 0.565. The SMILES string of the molecule is COc1ccc([C@]23Cc4cc(OC)c(OC)cc4C(O2)C2=C(CC4(CCCCC4)OC2=O)O3)cc1. The van der Waals surface area contributed by atoms with Gasteiger partial charge in [-0.3, -0.25) is 0 Å². The van der Waals surface area contributed by atoms with Gasteiger partial charge in [0.25, 0.3) is 0 Å². The third-order valence-corrected chi connectivity index (χ3v) is 7.82. The van der Waals surface area contributed by atoms with Crippen LogP contribution in [0.4, 0.5) is 0 Å². The highest BCUT2D eigenvalue weighted by Crippen LogP contribution is 2.56. The molecule has 2 atom stereocenters.